The van der Waals surface area contributed by atoms with E-state index in [1.165, 1.54) is 0 Å². The first kappa shape index (κ1) is 18.1. The van der Waals surface area contributed by atoms with Gasteiger partial charge in [-0.05, 0) is 43.0 Å². The Balaban J connectivity index is 1.73. The molecule has 1 saturated heterocycles. The van der Waals surface area contributed by atoms with E-state index >= 15 is 0 Å². The molecule has 132 valence electrons. The molecule has 1 atom stereocenters. The van der Waals surface area contributed by atoms with Crippen molar-refractivity contribution in [3.63, 3.8) is 0 Å². The third-order valence-corrected chi connectivity index (χ3v) is 3.85. The molecule has 1 unspecified atom stereocenters. The molecule has 7 heteroatoms. The Kier molecular flexibility index (Phi) is 6.87. The van der Waals surface area contributed by atoms with Crippen molar-refractivity contribution in [2.24, 2.45) is 0 Å². The Morgan fingerprint density at radius 2 is 2.08 bits per heavy atom. The molecule has 2 amide bonds. The fourth-order valence-corrected chi connectivity index (χ4v) is 2.54. The summed E-state index contributed by atoms with van der Waals surface area (Å²) in [6, 6.07) is 5.53. The molecule has 24 heavy (non-hydrogen) atoms. The van der Waals surface area contributed by atoms with Gasteiger partial charge < -0.3 is 24.8 Å². The predicted octanol–water partition coefficient (Wildman–Crippen LogP) is 0.658. The normalized spacial score (nSPS) is 16.5. The molecule has 0 bridgehead atoms. The molecule has 2 N–H and O–H groups in total. The van der Waals surface area contributed by atoms with Gasteiger partial charge in [0.15, 0.2) is 0 Å². The van der Waals surface area contributed by atoms with Gasteiger partial charge in [-0.1, -0.05) is 0 Å². The lowest BCUT2D eigenvalue weighted by atomic mass is 10.1. The van der Waals surface area contributed by atoms with Crippen LogP contribution in [-0.4, -0.2) is 51.8 Å². The van der Waals surface area contributed by atoms with Gasteiger partial charge in [-0.3, -0.25) is 9.59 Å². The number of hydrogen-bond donors (Lipinski definition) is 2. The molecular weight excluding hydrogens is 312 g/mol. The molecular formula is C17H24N2O5. The number of methoxy groups -OCH3 is 2. The van der Waals surface area contributed by atoms with Crippen LogP contribution in [0.15, 0.2) is 18.2 Å². The van der Waals surface area contributed by atoms with Crippen LogP contribution in [0.25, 0.3) is 0 Å². The molecule has 1 aromatic rings. The topological polar surface area (TPSA) is 85.9 Å². The number of nitrogens with one attached hydrogen (secondary N) is 2. The van der Waals surface area contributed by atoms with E-state index in [1.54, 1.807) is 14.2 Å². The minimum Gasteiger partial charge on any atom is -0.497 e. The number of carbonyl (C=O) groups excluding carboxylic acids is 2. The highest BCUT2D eigenvalue weighted by molar-refractivity contribution is 5.86. The van der Waals surface area contributed by atoms with Gasteiger partial charge in [0.25, 0.3) is 0 Å². The molecule has 1 aromatic carbocycles. The Morgan fingerprint density at radius 1 is 1.25 bits per heavy atom. The molecule has 0 saturated carbocycles. The number of rotatable bonds is 8. The maximum absolute atomic E-state index is 11.8. The van der Waals surface area contributed by atoms with Crippen LogP contribution in [0.3, 0.4) is 0 Å². The van der Waals surface area contributed by atoms with Gasteiger partial charge in [-0.2, -0.15) is 0 Å². The second kappa shape index (κ2) is 9.12. The summed E-state index contributed by atoms with van der Waals surface area (Å²) in [5.41, 5.74) is 0.945. The van der Waals surface area contributed by atoms with E-state index in [0.717, 1.165) is 23.5 Å². The van der Waals surface area contributed by atoms with Gasteiger partial charge in [0.2, 0.25) is 11.8 Å². The molecule has 1 heterocycles. The van der Waals surface area contributed by atoms with Crippen LogP contribution < -0.4 is 20.1 Å². The molecule has 0 radical (unpaired) electrons. The first-order valence-corrected chi connectivity index (χ1v) is 8.01. The number of amides is 2. The summed E-state index contributed by atoms with van der Waals surface area (Å²) in [6.45, 7) is 0.999. The number of hydrogen-bond acceptors (Lipinski definition) is 5. The summed E-state index contributed by atoms with van der Waals surface area (Å²) < 4.78 is 15.8. The Morgan fingerprint density at radius 3 is 2.75 bits per heavy atom. The van der Waals surface area contributed by atoms with Crippen LogP contribution in [0.2, 0.25) is 0 Å². The zero-order valence-electron chi connectivity index (χ0n) is 14.1. The minimum atomic E-state index is -0.418. The SMILES string of the molecule is COc1ccc(OC)c(CCNC(=O)CNC(=O)C2CCCO2)c1. The molecule has 0 spiro atoms. The molecule has 0 aromatic heterocycles. The van der Waals surface area contributed by atoms with Crippen molar-refractivity contribution >= 4 is 11.8 Å². The quantitative estimate of drug-likeness (QED) is 0.728. The first-order chi connectivity index (χ1) is 11.6. The maximum Gasteiger partial charge on any atom is 0.249 e. The molecule has 1 aliphatic rings. The van der Waals surface area contributed by atoms with Crippen molar-refractivity contribution in [2.45, 2.75) is 25.4 Å². The van der Waals surface area contributed by atoms with Crippen molar-refractivity contribution in [2.75, 3.05) is 33.9 Å². The van der Waals surface area contributed by atoms with Gasteiger partial charge in [-0.15, -0.1) is 0 Å². The molecule has 0 aliphatic carbocycles. The van der Waals surface area contributed by atoms with E-state index in [2.05, 4.69) is 10.6 Å². The summed E-state index contributed by atoms with van der Waals surface area (Å²) in [5.74, 6) is 1.03. The van der Waals surface area contributed by atoms with Crippen molar-refractivity contribution in [1.82, 2.24) is 10.6 Å². The molecule has 7 nitrogen and oxygen atoms in total. The third kappa shape index (κ3) is 5.13. The van der Waals surface area contributed by atoms with Crippen molar-refractivity contribution in [3.05, 3.63) is 23.8 Å². The van der Waals surface area contributed by atoms with Crippen LogP contribution in [0.1, 0.15) is 18.4 Å². The van der Waals surface area contributed by atoms with Crippen LogP contribution in [0, 0.1) is 0 Å². The van der Waals surface area contributed by atoms with E-state index in [9.17, 15) is 9.59 Å². The summed E-state index contributed by atoms with van der Waals surface area (Å²) in [7, 11) is 3.20. The highest BCUT2D eigenvalue weighted by Crippen LogP contribution is 2.24. The van der Waals surface area contributed by atoms with Crippen molar-refractivity contribution in [1.29, 1.82) is 0 Å². The Labute approximate surface area is 141 Å². The second-order valence-corrected chi connectivity index (χ2v) is 5.50. The predicted molar refractivity (Wildman–Crippen MR) is 88.2 cm³/mol. The molecule has 1 aliphatic heterocycles. The highest BCUT2D eigenvalue weighted by atomic mass is 16.5. The zero-order chi connectivity index (χ0) is 17.4. The Bertz CT molecular complexity index is 570. The van der Waals surface area contributed by atoms with Crippen LogP contribution >= 0.6 is 0 Å². The highest BCUT2D eigenvalue weighted by Gasteiger charge is 2.23. The second-order valence-electron chi connectivity index (χ2n) is 5.50. The van der Waals surface area contributed by atoms with E-state index in [1.807, 2.05) is 18.2 Å². The number of benzene rings is 1. The smallest absolute Gasteiger partial charge is 0.249 e. The lowest BCUT2D eigenvalue weighted by Gasteiger charge is -2.12. The molecule has 2 rings (SSSR count). The van der Waals surface area contributed by atoms with Gasteiger partial charge in [0, 0.05) is 13.2 Å². The van der Waals surface area contributed by atoms with Crippen LogP contribution in [0.4, 0.5) is 0 Å². The summed E-state index contributed by atoms with van der Waals surface area (Å²) >= 11 is 0. The summed E-state index contributed by atoms with van der Waals surface area (Å²) in [6.07, 6.45) is 1.78. The van der Waals surface area contributed by atoms with E-state index in [4.69, 9.17) is 14.2 Å². The van der Waals surface area contributed by atoms with E-state index in [0.29, 0.717) is 26.0 Å². The lowest BCUT2D eigenvalue weighted by molar-refractivity contribution is -0.132. The average molecular weight is 336 g/mol. The van der Waals surface area contributed by atoms with Gasteiger partial charge in [0.1, 0.15) is 17.6 Å². The Hall–Kier alpha value is -2.28. The number of carbonyl (C=O) groups is 2. The maximum atomic E-state index is 11.8. The minimum absolute atomic E-state index is 0.0477. The molecule has 1 fully saturated rings. The fourth-order valence-electron chi connectivity index (χ4n) is 2.54. The van der Waals surface area contributed by atoms with E-state index < -0.39 is 6.10 Å². The van der Waals surface area contributed by atoms with Crippen LogP contribution in [0.5, 0.6) is 11.5 Å². The monoisotopic (exact) mass is 336 g/mol. The van der Waals surface area contributed by atoms with Crippen molar-refractivity contribution in [3.8, 4) is 11.5 Å². The summed E-state index contributed by atoms with van der Waals surface area (Å²) in [4.78, 5) is 23.6. The van der Waals surface area contributed by atoms with Gasteiger partial charge in [0.05, 0.1) is 20.8 Å². The lowest BCUT2D eigenvalue weighted by Crippen LogP contribution is -2.41. The largest absolute Gasteiger partial charge is 0.497 e. The standard InChI is InChI=1S/C17H24N2O5/c1-22-13-5-6-14(23-2)12(10-13)7-8-18-16(20)11-19-17(21)15-4-3-9-24-15/h5-6,10,15H,3-4,7-9,11H2,1-2H3,(H,18,20)(H,19,21). The zero-order valence-corrected chi connectivity index (χ0v) is 14.1. The average Bonchev–Trinajstić information content (AvgIpc) is 3.14. The fraction of sp³-hybridized carbons (Fsp3) is 0.529. The van der Waals surface area contributed by atoms with Gasteiger partial charge >= 0.3 is 0 Å². The first-order valence-electron chi connectivity index (χ1n) is 8.01. The van der Waals surface area contributed by atoms with Crippen LogP contribution in [-0.2, 0) is 20.7 Å². The van der Waals surface area contributed by atoms with Crippen molar-refractivity contribution < 1.29 is 23.8 Å². The number of ether oxygens (including phenoxy) is 3. The van der Waals surface area contributed by atoms with Gasteiger partial charge in [-0.25, -0.2) is 0 Å². The third-order valence-electron chi connectivity index (χ3n) is 3.85. The summed E-state index contributed by atoms with van der Waals surface area (Å²) in [5, 5.41) is 5.37. The van der Waals surface area contributed by atoms with E-state index in [-0.39, 0.29) is 18.4 Å².